The molecule has 25 heavy (non-hydrogen) atoms. The number of benzene rings is 2. The van der Waals surface area contributed by atoms with Gasteiger partial charge in [0.25, 0.3) is 5.56 Å². The summed E-state index contributed by atoms with van der Waals surface area (Å²) in [7, 11) is 0. The lowest BCUT2D eigenvalue weighted by Gasteiger charge is -2.15. The Morgan fingerprint density at radius 3 is 2.72 bits per heavy atom. The zero-order valence-electron chi connectivity index (χ0n) is 13.8. The molecule has 6 heteroatoms. The predicted molar refractivity (Wildman–Crippen MR) is 95.2 cm³/mol. The van der Waals surface area contributed by atoms with E-state index in [4.69, 9.17) is 0 Å². The van der Waals surface area contributed by atoms with Gasteiger partial charge in [0, 0.05) is 6.54 Å². The predicted octanol–water partition coefficient (Wildman–Crippen LogP) is 1.55. The van der Waals surface area contributed by atoms with Gasteiger partial charge < -0.3 is 10.4 Å². The highest BCUT2D eigenvalue weighted by Crippen LogP contribution is 2.16. The van der Waals surface area contributed by atoms with Crippen LogP contribution >= 0.6 is 0 Å². The largest absolute Gasteiger partial charge is 0.387 e. The van der Waals surface area contributed by atoms with E-state index in [0.717, 1.165) is 11.1 Å². The van der Waals surface area contributed by atoms with Crippen molar-refractivity contribution in [1.82, 2.24) is 14.9 Å². The summed E-state index contributed by atoms with van der Waals surface area (Å²) in [5.74, 6) is -0.355. The number of para-hydroxylation sites is 1. The summed E-state index contributed by atoms with van der Waals surface area (Å²) < 4.78 is 1.26. The summed E-state index contributed by atoms with van der Waals surface area (Å²) in [6, 6.07) is 14.5. The minimum Gasteiger partial charge on any atom is -0.387 e. The standard InChI is InChI=1S/C19H19N3O3/c1-13-6-2-3-7-14(13)17(23)10-20-18(24)11-22-12-21-16-9-5-4-8-15(16)19(22)25/h2-9,12,17,23H,10-11H2,1H3,(H,20,24). The normalized spacial score (nSPS) is 12.1. The number of aliphatic hydroxyl groups is 1. The number of carbonyl (C=O) groups excluding carboxylic acids is 1. The molecule has 2 N–H and O–H groups in total. The molecule has 1 unspecified atom stereocenters. The van der Waals surface area contributed by atoms with Crippen LogP contribution in [-0.2, 0) is 11.3 Å². The average molecular weight is 337 g/mol. The lowest BCUT2D eigenvalue weighted by Crippen LogP contribution is -2.34. The van der Waals surface area contributed by atoms with Gasteiger partial charge in [-0.3, -0.25) is 14.2 Å². The van der Waals surface area contributed by atoms with Gasteiger partial charge in [0.1, 0.15) is 6.54 Å². The summed E-state index contributed by atoms with van der Waals surface area (Å²) >= 11 is 0. The second-order valence-corrected chi connectivity index (χ2v) is 5.87. The number of aryl methyl sites for hydroxylation is 1. The number of nitrogens with one attached hydrogen (secondary N) is 1. The molecule has 3 aromatic rings. The monoisotopic (exact) mass is 337 g/mol. The maximum atomic E-state index is 12.4. The van der Waals surface area contributed by atoms with Crippen molar-refractivity contribution in [3.8, 4) is 0 Å². The van der Waals surface area contributed by atoms with Crippen LogP contribution in [0, 0.1) is 6.92 Å². The molecule has 1 heterocycles. The number of rotatable bonds is 5. The highest BCUT2D eigenvalue weighted by atomic mass is 16.3. The van der Waals surface area contributed by atoms with Crippen LogP contribution in [0.1, 0.15) is 17.2 Å². The van der Waals surface area contributed by atoms with Crippen molar-refractivity contribution < 1.29 is 9.90 Å². The number of nitrogens with zero attached hydrogens (tertiary/aromatic N) is 2. The van der Waals surface area contributed by atoms with Gasteiger partial charge in [0.15, 0.2) is 0 Å². The zero-order chi connectivity index (χ0) is 17.8. The quantitative estimate of drug-likeness (QED) is 0.740. The molecule has 0 aliphatic rings. The fourth-order valence-corrected chi connectivity index (χ4v) is 2.71. The fraction of sp³-hybridized carbons (Fsp3) is 0.211. The lowest BCUT2D eigenvalue weighted by molar-refractivity contribution is -0.122. The van der Waals surface area contributed by atoms with Crippen molar-refractivity contribution in [1.29, 1.82) is 0 Å². The molecule has 128 valence electrons. The van der Waals surface area contributed by atoms with Crippen LogP contribution < -0.4 is 10.9 Å². The Bertz CT molecular complexity index is 965. The van der Waals surface area contributed by atoms with Crippen molar-refractivity contribution in [2.24, 2.45) is 0 Å². The van der Waals surface area contributed by atoms with E-state index in [1.165, 1.54) is 10.9 Å². The first kappa shape index (κ1) is 16.9. The maximum absolute atomic E-state index is 12.4. The third-order valence-electron chi connectivity index (χ3n) is 4.09. The molecule has 0 bridgehead atoms. The van der Waals surface area contributed by atoms with Gasteiger partial charge in [-0.05, 0) is 30.2 Å². The maximum Gasteiger partial charge on any atom is 0.261 e. The average Bonchev–Trinajstić information content (AvgIpc) is 2.63. The molecule has 0 aliphatic carbocycles. The van der Waals surface area contributed by atoms with Gasteiger partial charge in [0.2, 0.25) is 5.91 Å². The van der Waals surface area contributed by atoms with Crippen molar-refractivity contribution >= 4 is 16.8 Å². The van der Waals surface area contributed by atoms with E-state index in [2.05, 4.69) is 10.3 Å². The van der Waals surface area contributed by atoms with Crippen LogP contribution in [0.3, 0.4) is 0 Å². The zero-order valence-corrected chi connectivity index (χ0v) is 13.8. The van der Waals surface area contributed by atoms with E-state index in [9.17, 15) is 14.7 Å². The summed E-state index contributed by atoms with van der Waals surface area (Å²) in [6.45, 7) is 1.84. The molecule has 6 nitrogen and oxygen atoms in total. The molecule has 0 fully saturated rings. The van der Waals surface area contributed by atoms with E-state index in [1.54, 1.807) is 24.3 Å². The lowest BCUT2D eigenvalue weighted by atomic mass is 10.0. The Labute approximate surface area is 144 Å². The minimum absolute atomic E-state index is 0.0828. The Morgan fingerprint density at radius 1 is 1.20 bits per heavy atom. The van der Waals surface area contributed by atoms with E-state index in [-0.39, 0.29) is 24.6 Å². The third-order valence-corrected chi connectivity index (χ3v) is 4.09. The fourth-order valence-electron chi connectivity index (χ4n) is 2.71. The Hall–Kier alpha value is -2.99. The van der Waals surface area contributed by atoms with Gasteiger partial charge in [-0.1, -0.05) is 36.4 Å². The van der Waals surface area contributed by atoms with Gasteiger partial charge in [-0.2, -0.15) is 0 Å². The molecule has 2 aromatic carbocycles. The summed E-state index contributed by atoms with van der Waals surface area (Å²) in [5, 5.41) is 13.3. The first-order valence-corrected chi connectivity index (χ1v) is 8.01. The Morgan fingerprint density at radius 2 is 1.92 bits per heavy atom. The molecule has 0 spiro atoms. The number of hydrogen-bond donors (Lipinski definition) is 2. The Balaban J connectivity index is 1.66. The molecule has 0 saturated carbocycles. The van der Waals surface area contributed by atoms with Crippen molar-refractivity contribution in [3.63, 3.8) is 0 Å². The molecule has 0 radical (unpaired) electrons. The third kappa shape index (κ3) is 3.75. The number of carbonyl (C=O) groups is 1. The highest BCUT2D eigenvalue weighted by molar-refractivity contribution is 5.78. The molecule has 1 atom stereocenters. The van der Waals surface area contributed by atoms with Crippen LogP contribution in [-0.4, -0.2) is 27.1 Å². The SMILES string of the molecule is Cc1ccccc1C(O)CNC(=O)Cn1cnc2ccccc2c1=O. The van der Waals surface area contributed by atoms with Crippen LogP contribution in [0.25, 0.3) is 10.9 Å². The van der Waals surface area contributed by atoms with E-state index < -0.39 is 6.10 Å². The van der Waals surface area contributed by atoms with E-state index >= 15 is 0 Å². The second-order valence-electron chi connectivity index (χ2n) is 5.87. The van der Waals surface area contributed by atoms with Gasteiger partial charge >= 0.3 is 0 Å². The molecular formula is C19H19N3O3. The topological polar surface area (TPSA) is 84.2 Å². The summed E-state index contributed by atoms with van der Waals surface area (Å²) in [6.07, 6.45) is 0.568. The van der Waals surface area contributed by atoms with Gasteiger partial charge in [0.05, 0.1) is 23.3 Å². The molecule has 3 rings (SSSR count). The first-order chi connectivity index (χ1) is 12.1. The summed E-state index contributed by atoms with van der Waals surface area (Å²) in [5.41, 5.74) is 2.06. The van der Waals surface area contributed by atoms with Gasteiger partial charge in [-0.25, -0.2) is 4.98 Å². The number of aromatic nitrogens is 2. The van der Waals surface area contributed by atoms with E-state index in [0.29, 0.717) is 10.9 Å². The minimum atomic E-state index is -0.795. The molecule has 1 aromatic heterocycles. The molecule has 0 saturated heterocycles. The van der Waals surface area contributed by atoms with Crippen LogP contribution in [0.5, 0.6) is 0 Å². The first-order valence-electron chi connectivity index (χ1n) is 8.01. The van der Waals surface area contributed by atoms with Crippen LogP contribution in [0.15, 0.2) is 59.7 Å². The Kier molecular flexibility index (Phi) is 4.90. The smallest absolute Gasteiger partial charge is 0.261 e. The van der Waals surface area contributed by atoms with Crippen molar-refractivity contribution in [2.45, 2.75) is 19.6 Å². The molecular weight excluding hydrogens is 318 g/mol. The summed E-state index contributed by atoms with van der Waals surface area (Å²) in [4.78, 5) is 28.7. The van der Waals surface area contributed by atoms with Crippen molar-refractivity contribution in [2.75, 3.05) is 6.54 Å². The van der Waals surface area contributed by atoms with Crippen molar-refractivity contribution in [3.05, 3.63) is 76.3 Å². The molecule has 0 aliphatic heterocycles. The number of amides is 1. The number of fused-ring (bicyclic) bond motifs is 1. The molecule has 1 amide bonds. The van der Waals surface area contributed by atoms with Crippen LogP contribution in [0.4, 0.5) is 0 Å². The highest BCUT2D eigenvalue weighted by Gasteiger charge is 2.12. The second kappa shape index (κ2) is 7.27. The van der Waals surface area contributed by atoms with Gasteiger partial charge in [-0.15, -0.1) is 0 Å². The number of hydrogen-bond acceptors (Lipinski definition) is 4. The number of aliphatic hydroxyl groups excluding tert-OH is 1. The van der Waals surface area contributed by atoms with E-state index in [1.807, 2.05) is 31.2 Å². The van der Waals surface area contributed by atoms with Crippen LogP contribution in [0.2, 0.25) is 0 Å².